The molecule has 0 atom stereocenters. The summed E-state index contributed by atoms with van der Waals surface area (Å²) in [5.74, 6) is 1.58. The van der Waals surface area contributed by atoms with Crippen molar-refractivity contribution in [2.45, 2.75) is 52.2 Å². The first-order chi connectivity index (χ1) is 21.1. The third kappa shape index (κ3) is 6.16. The molecule has 0 N–H and O–H groups in total. The molecule has 0 aliphatic carbocycles. The molecule has 6 rings (SSSR count). The molecule has 0 amide bonds. The molecule has 2 aliphatic rings. The predicted molar refractivity (Wildman–Crippen MR) is 172 cm³/mol. The van der Waals surface area contributed by atoms with E-state index in [4.69, 9.17) is 24.5 Å². The summed E-state index contributed by atoms with van der Waals surface area (Å²) in [6, 6.07) is 4.45. The fraction of sp³-hybridized carbons (Fsp3) is 0.515. The summed E-state index contributed by atoms with van der Waals surface area (Å²) in [5.41, 5.74) is 3.50. The standard InChI is InChI=1S/C33H44N8O3/c1-7-38-10-8-26(9-11-38)41-21-25(20-36-41)28-22-40(32(42)44-33(2,3)4)30-27(28)16-23(18-34-30)24-17-29(43-6)31(35-19-24)39-14-12-37(5)13-15-39/h16-22,26H,7-15H2,1-6H3. The minimum atomic E-state index is -0.639. The first-order valence-corrected chi connectivity index (χ1v) is 15.6. The van der Waals surface area contributed by atoms with Crippen LogP contribution in [0.25, 0.3) is 33.3 Å². The Balaban J connectivity index is 1.38. The molecule has 0 unspecified atom stereocenters. The maximum atomic E-state index is 13.3. The number of carbonyl (C=O) groups excluding carboxylic acids is 1. The van der Waals surface area contributed by atoms with E-state index in [1.54, 1.807) is 13.3 Å². The number of ether oxygens (including phenoxy) is 2. The fourth-order valence-electron chi connectivity index (χ4n) is 6.12. The molecule has 234 valence electrons. The fourth-order valence-corrected chi connectivity index (χ4v) is 6.12. The summed E-state index contributed by atoms with van der Waals surface area (Å²) < 4.78 is 15.1. The smallest absolute Gasteiger partial charge is 0.420 e. The quantitative estimate of drug-likeness (QED) is 0.297. The molecule has 2 saturated heterocycles. The number of fused-ring (bicyclic) bond motifs is 1. The van der Waals surface area contributed by atoms with Crippen LogP contribution in [0.4, 0.5) is 10.6 Å². The van der Waals surface area contributed by atoms with Gasteiger partial charge in [-0.15, -0.1) is 0 Å². The SMILES string of the molecule is CCN1CCC(n2cc(-c3cn(C(=O)OC(C)(C)C)c4ncc(-c5cnc(N6CCN(C)CC6)c(OC)c5)cc34)cn2)CC1. The second kappa shape index (κ2) is 12.2. The normalized spacial score (nSPS) is 17.4. The van der Waals surface area contributed by atoms with Gasteiger partial charge >= 0.3 is 6.09 Å². The van der Waals surface area contributed by atoms with Gasteiger partial charge in [-0.3, -0.25) is 4.68 Å². The Morgan fingerprint density at radius 3 is 2.32 bits per heavy atom. The highest BCUT2D eigenvalue weighted by Gasteiger charge is 2.25. The molecule has 0 bridgehead atoms. The van der Waals surface area contributed by atoms with Gasteiger partial charge < -0.3 is 24.2 Å². The molecule has 4 aromatic heterocycles. The zero-order valence-electron chi connectivity index (χ0n) is 26.8. The van der Waals surface area contributed by atoms with Crippen molar-refractivity contribution in [3.8, 4) is 28.0 Å². The van der Waals surface area contributed by atoms with E-state index in [0.717, 1.165) is 97.9 Å². The van der Waals surface area contributed by atoms with Gasteiger partial charge in [-0.25, -0.2) is 19.3 Å². The van der Waals surface area contributed by atoms with Crippen LogP contribution in [0.2, 0.25) is 0 Å². The number of anilines is 1. The Labute approximate surface area is 259 Å². The third-order valence-corrected chi connectivity index (χ3v) is 8.71. The highest BCUT2D eigenvalue weighted by atomic mass is 16.6. The zero-order valence-corrected chi connectivity index (χ0v) is 26.8. The Hall–Kier alpha value is -3.96. The molecule has 0 radical (unpaired) electrons. The van der Waals surface area contributed by atoms with Crippen molar-refractivity contribution in [3.05, 3.63) is 43.1 Å². The van der Waals surface area contributed by atoms with Gasteiger partial charge in [0.1, 0.15) is 11.2 Å². The Morgan fingerprint density at radius 2 is 1.64 bits per heavy atom. The average molecular weight is 601 g/mol. The maximum absolute atomic E-state index is 13.3. The summed E-state index contributed by atoms with van der Waals surface area (Å²) in [7, 11) is 3.82. The van der Waals surface area contributed by atoms with Crippen molar-refractivity contribution >= 4 is 22.9 Å². The molecule has 6 heterocycles. The minimum absolute atomic E-state index is 0.358. The molecular weight excluding hydrogens is 556 g/mol. The molecule has 0 spiro atoms. The molecule has 44 heavy (non-hydrogen) atoms. The van der Waals surface area contributed by atoms with Crippen LogP contribution in [0.15, 0.2) is 43.1 Å². The number of hydrogen-bond donors (Lipinski definition) is 0. The van der Waals surface area contributed by atoms with Crippen LogP contribution in [0.1, 0.15) is 46.6 Å². The van der Waals surface area contributed by atoms with Gasteiger partial charge in [-0.2, -0.15) is 5.10 Å². The second-order valence-electron chi connectivity index (χ2n) is 12.9. The zero-order chi connectivity index (χ0) is 31.0. The van der Waals surface area contributed by atoms with Crippen LogP contribution in [0.5, 0.6) is 5.75 Å². The van der Waals surface area contributed by atoms with E-state index in [1.165, 1.54) is 4.57 Å². The van der Waals surface area contributed by atoms with Crippen molar-refractivity contribution in [2.75, 3.05) is 64.9 Å². The number of hydrogen-bond acceptors (Lipinski definition) is 9. The number of carbonyl (C=O) groups is 1. The monoisotopic (exact) mass is 600 g/mol. The number of aromatic nitrogens is 5. The number of nitrogens with zero attached hydrogens (tertiary/aromatic N) is 8. The van der Waals surface area contributed by atoms with E-state index in [9.17, 15) is 4.79 Å². The van der Waals surface area contributed by atoms with Crippen LogP contribution in [0.3, 0.4) is 0 Å². The summed E-state index contributed by atoms with van der Waals surface area (Å²) in [6.07, 6.45) is 11.2. The molecule has 4 aromatic rings. The molecule has 11 heteroatoms. The van der Waals surface area contributed by atoms with E-state index in [0.29, 0.717) is 11.7 Å². The predicted octanol–water partition coefficient (Wildman–Crippen LogP) is 5.16. The summed E-state index contributed by atoms with van der Waals surface area (Å²) in [5, 5.41) is 5.61. The molecule has 0 saturated carbocycles. The van der Waals surface area contributed by atoms with Gasteiger partial charge in [0.25, 0.3) is 0 Å². The minimum Gasteiger partial charge on any atom is -0.493 e. The first-order valence-electron chi connectivity index (χ1n) is 15.6. The van der Waals surface area contributed by atoms with Crippen LogP contribution in [0, 0.1) is 0 Å². The second-order valence-corrected chi connectivity index (χ2v) is 12.9. The molecule has 11 nitrogen and oxygen atoms in total. The average Bonchev–Trinajstić information content (AvgIpc) is 3.65. The van der Waals surface area contributed by atoms with E-state index in [2.05, 4.69) is 45.6 Å². The summed E-state index contributed by atoms with van der Waals surface area (Å²) in [4.78, 5) is 30.0. The van der Waals surface area contributed by atoms with Crippen molar-refractivity contribution in [2.24, 2.45) is 0 Å². The van der Waals surface area contributed by atoms with E-state index in [1.807, 2.05) is 45.4 Å². The lowest BCUT2D eigenvalue weighted by Crippen LogP contribution is -2.44. The van der Waals surface area contributed by atoms with Gasteiger partial charge in [0.15, 0.2) is 11.6 Å². The van der Waals surface area contributed by atoms with Crippen LogP contribution < -0.4 is 9.64 Å². The van der Waals surface area contributed by atoms with Crippen molar-refractivity contribution in [1.82, 2.24) is 34.1 Å². The van der Waals surface area contributed by atoms with Crippen molar-refractivity contribution < 1.29 is 14.3 Å². The number of pyridine rings is 2. The number of rotatable bonds is 6. The summed E-state index contributed by atoms with van der Waals surface area (Å²) in [6.45, 7) is 14.8. The van der Waals surface area contributed by atoms with Gasteiger partial charge in [0, 0.05) is 91.7 Å². The Kier molecular flexibility index (Phi) is 8.34. The van der Waals surface area contributed by atoms with Gasteiger partial charge in [0.2, 0.25) is 0 Å². The Bertz CT molecular complexity index is 1620. The lowest BCUT2D eigenvalue weighted by atomic mass is 10.0. The number of piperazine rings is 1. The highest BCUT2D eigenvalue weighted by molar-refractivity contribution is 6.00. The maximum Gasteiger partial charge on any atom is 0.420 e. The number of likely N-dealkylation sites (N-methyl/N-ethyl adjacent to an activating group) is 1. The Morgan fingerprint density at radius 1 is 0.932 bits per heavy atom. The molecule has 0 aromatic carbocycles. The molecule has 2 fully saturated rings. The molecule has 2 aliphatic heterocycles. The third-order valence-electron chi connectivity index (χ3n) is 8.71. The van der Waals surface area contributed by atoms with Crippen LogP contribution in [-0.2, 0) is 4.74 Å². The largest absolute Gasteiger partial charge is 0.493 e. The lowest BCUT2D eigenvalue weighted by molar-refractivity contribution is 0.0543. The number of methoxy groups -OCH3 is 1. The number of likely N-dealkylation sites (tertiary alicyclic amines) is 1. The van der Waals surface area contributed by atoms with Gasteiger partial charge in [-0.05, 0) is 59.3 Å². The van der Waals surface area contributed by atoms with Crippen LogP contribution >= 0.6 is 0 Å². The van der Waals surface area contributed by atoms with E-state index >= 15 is 0 Å². The van der Waals surface area contributed by atoms with Crippen LogP contribution in [-0.4, -0.2) is 106 Å². The highest BCUT2D eigenvalue weighted by Crippen LogP contribution is 2.36. The molecular formula is C33H44N8O3. The van der Waals surface area contributed by atoms with Crippen molar-refractivity contribution in [1.29, 1.82) is 0 Å². The van der Waals surface area contributed by atoms with Gasteiger partial charge in [0.05, 0.1) is 19.3 Å². The van der Waals surface area contributed by atoms with Crippen molar-refractivity contribution in [3.63, 3.8) is 0 Å². The van der Waals surface area contributed by atoms with Gasteiger partial charge in [-0.1, -0.05) is 6.92 Å². The summed E-state index contributed by atoms with van der Waals surface area (Å²) >= 11 is 0. The number of piperidine rings is 1. The topological polar surface area (TPSA) is 93.8 Å². The lowest BCUT2D eigenvalue weighted by Gasteiger charge is -2.33. The van der Waals surface area contributed by atoms with E-state index < -0.39 is 11.7 Å². The van der Waals surface area contributed by atoms with E-state index in [-0.39, 0.29) is 0 Å². The first kappa shape index (κ1) is 30.1.